The molecule has 106 valence electrons. The monoisotopic (exact) mass is 394 g/mol. The lowest BCUT2D eigenvalue weighted by Crippen LogP contribution is -2.22. The Morgan fingerprint density at radius 3 is 2.16 bits per heavy atom. The number of hydrogen-bond donors (Lipinski definition) is 1. The molecule has 6 heteroatoms. The first-order valence-corrected chi connectivity index (χ1v) is 7.28. The second-order valence-corrected chi connectivity index (χ2v) is 6.59. The molecule has 0 aliphatic carbocycles. The predicted octanol–water partition coefficient (Wildman–Crippen LogP) is 4.10. The van der Waals surface area contributed by atoms with Crippen molar-refractivity contribution >= 4 is 37.8 Å². The van der Waals surface area contributed by atoms with Gasteiger partial charge in [-0.25, -0.2) is 4.79 Å². The Kier molecular flexibility index (Phi) is 5.82. The average molecular weight is 396 g/mol. The zero-order valence-electron chi connectivity index (χ0n) is 11.0. The van der Waals surface area contributed by atoms with Crippen LogP contribution in [0, 0.1) is 0 Å². The van der Waals surface area contributed by atoms with Crippen LogP contribution in [0.2, 0.25) is 0 Å². The van der Waals surface area contributed by atoms with E-state index in [4.69, 9.17) is 14.6 Å². The topological polar surface area (TPSA) is 55.8 Å². The summed E-state index contributed by atoms with van der Waals surface area (Å²) in [7, 11) is 0. The van der Waals surface area contributed by atoms with Crippen molar-refractivity contribution < 1.29 is 19.4 Å². The third-order valence-electron chi connectivity index (χ3n) is 2.11. The minimum Gasteiger partial charge on any atom is -0.489 e. The van der Waals surface area contributed by atoms with E-state index >= 15 is 0 Å². The number of benzene rings is 1. The van der Waals surface area contributed by atoms with E-state index in [9.17, 15) is 4.79 Å². The van der Waals surface area contributed by atoms with Gasteiger partial charge in [0.2, 0.25) is 0 Å². The van der Waals surface area contributed by atoms with Gasteiger partial charge in [0, 0.05) is 0 Å². The third-order valence-corrected chi connectivity index (χ3v) is 3.29. The summed E-state index contributed by atoms with van der Waals surface area (Å²) in [5.74, 6) is -0.411. The van der Waals surface area contributed by atoms with E-state index < -0.39 is 5.97 Å². The molecule has 0 spiro atoms. The minimum atomic E-state index is -0.982. The molecule has 0 saturated carbocycles. The molecule has 1 aromatic carbocycles. The van der Waals surface area contributed by atoms with Crippen molar-refractivity contribution in [3.8, 4) is 5.75 Å². The molecule has 0 saturated heterocycles. The molecular formula is C13H16Br2O4. The molecule has 4 nitrogen and oxygen atoms in total. The molecule has 0 aliphatic rings. The second-order valence-electron chi connectivity index (χ2n) is 4.88. The van der Waals surface area contributed by atoms with Gasteiger partial charge in [0.15, 0.2) is 0 Å². The maximum Gasteiger partial charge on any atom is 0.335 e. The van der Waals surface area contributed by atoms with E-state index in [1.54, 1.807) is 0 Å². The number of rotatable bonds is 5. The van der Waals surface area contributed by atoms with Crippen LogP contribution in [0.1, 0.15) is 31.1 Å². The van der Waals surface area contributed by atoms with Gasteiger partial charge in [0.05, 0.1) is 26.7 Å². The molecule has 0 radical (unpaired) electrons. The molecule has 1 N–H and O–H groups in total. The molecule has 0 amide bonds. The average Bonchev–Trinajstić information content (AvgIpc) is 2.25. The summed E-state index contributed by atoms with van der Waals surface area (Å²) in [6.45, 7) is 6.77. The zero-order chi connectivity index (χ0) is 14.6. The summed E-state index contributed by atoms with van der Waals surface area (Å²) in [5.41, 5.74) is -0.0117. The first-order chi connectivity index (χ1) is 8.70. The quantitative estimate of drug-likeness (QED) is 0.762. The zero-order valence-corrected chi connectivity index (χ0v) is 14.2. The molecule has 19 heavy (non-hydrogen) atoms. The van der Waals surface area contributed by atoms with Crippen molar-refractivity contribution in [1.29, 1.82) is 0 Å². The van der Waals surface area contributed by atoms with Crippen molar-refractivity contribution in [3.05, 3.63) is 26.6 Å². The molecule has 1 rings (SSSR count). The number of carbonyl (C=O) groups is 1. The van der Waals surface area contributed by atoms with E-state index in [1.807, 2.05) is 20.8 Å². The summed E-state index contributed by atoms with van der Waals surface area (Å²) in [6, 6.07) is 3.01. The summed E-state index contributed by atoms with van der Waals surface area (Å²) in [4.78, 5) is 10.9. The number of hydrogen-bond acceptors (Lipinski definition) is 3. The molecule has 0 aliphatic heterocycles. The van der Waals surface area contributed by atoms with Crippen LogP contribution < -0.4 is 4.74 Å². The van der Waals surface area contributed by atoms with Gasteiger partial charge >= 0.3 is 5.97 Å². The van der Waals surface area contributed by atoms with Crippen LogP contribution in [0.25, 0.3) is 0 Å². The number of carboxylic acid groups (broad SMARTS) is 1. The van der Waals surface area contributed by atoms with E-state index in [-0.39, 0.29) is 11.2 Å². The summed E-state index contributed by atoms with van der Waals surface area (Å²) in [6.07, 6.45) is 0. The Bertz CT molecular complexity index is 443. The highest BCUT2D eigenvalue weighted by Gasteiger charge is 2.14. The Labute approximate surface area is 129 Å². The lowest BCUT2D eigenvalue weighted by Gasteiger charge is -2.20. The summed E-state index contributed by atoms with van der Waals surface area (Å²) < 4.78 is 12.3. The molecule has 1 aromatic rings. The first-order valence-electron chi connectivity index (χ1n) is 5.70. The molecule has 0 unspecified atom stereocenters. The van der Waals surface area contributed by atoms with Gasteiger partial charge in [-0.15, -0.1) is 0 Å². The van der Waals surface area contributed by atoms with Crippen molar-refractivity contribution in [1.82, 2.24) is 0 Å². The largest absolute Gasteiger partial charge is 0.489 e. The highest BCUT2D eigenvalue weighted by molar-refractivity contribution is 9.11. The summed E-state index contributed by atoms with van der Waals surface area (Å²) in [5, 5.41) is 8.93. The van der Waals surface area contributed by atoms with Gasteiger partial charge in [-0.05, 0) is 64.8 Å². The number of halogens is 2. The normalized spacial score (nSPS) is 11.4. The van der Waals surface area contributed by atoms with Gasteiger partial charge < -0.3 is 14.6 Å². The van der Waals surface area contributed by atoms with Gasteiger partial charge in [-0.3, -0.25) is 0 Å². The van der Waals surface area contributed by atoms with Crippen LogP contribution >= 0.6 is 31.9 Å². The number of ether oxygens (including phenoxy) is 2. The highest BCUT2D eigenvalue weighted by Crippen LogP contribution is 2.34. The lowest BCUT2D eigenvalue weighted by molar-refractivity contribution is -0.0164. The number of aromatic carboxylic acids is 1. The Hall–Kier alpha value is -0.590. The first kappa shape index (κ1) is 16.5. The Morgan fingerprint density at radius 2 is 1.74 bits per heavy atom. The molecule has 0 aromatic heterocycles. The van der Waals surface area contributed by atoms with E-state index in [2.05, 4.69) is 31.9 Å². The van der Waals surface area contributed by atoms with Crippen molar-refractivity contribution in [2.24, 2.45) is 0 Å². The fraction of sp³-hybridized carbons (Fsp3) is 0.462. The van der Waals surface area contributed by atoms with Gasteiger partial charge in [-0.1, -0.05) is 0 Å². The SMILES string of the molecule is CC(C)(C)OCCOc1c(Br)cc(C(=O)O)cc1Br. The maximum atomic E-state index is 10.9. The molecule has 0 bridgehead atoms. The van der Waals surface area contributed by atoms with E-state index in [0.29, 0.717) is 27.9 Å². The van der Waals surface area contributed by atoms with Crippen LogP contribution in [-0.4, -0.2) is 29.9 Å². The van der Waals surface area contributed by atoms with Crippen molar-refractivity contribution in [2.45, 2.75) is 26.4 Å². The fourth-order valence-corrected chi connectivity index (χ4v) is 2.73. The molecule has 0 fully saturated rings. The minimum absolute atomic E-state index is 0.192. The molecular weight excluding hydrogens is 380 g/mol. The van der Waals surface area contributed by atoms with Crippen LogP contribution in [0.4, 0.5) is 0 Å². The standard InChI is InChI=1S/C13H16Br2O4/c1-13(2,3)19-5-4-18-11-9(14)6-8(12(16)17)7-10(11)15/h6-7H,4-5H2,1-3H3,(H,16,17). The fourth-order valence-electron chi connectivity index (χ4n) is 1.31. The summed E-state index contributed by atoms with van der Waals surface area (Å²) >= 11 is 6.60. The van der Waals surface area contributed by atoms with Crippen LogP contribution in [0.15, 0.2) is 21.1 Å². The highest BCUT2D eigenvalue weighted by atomic mass is 79.9. The van der Waals surface area contributed by atoms with Gasteiger partial charge in [0.25, 0.3) is 0 Å². The maximum absolute atomic E-state index is 10.9. The lowest BCUT2D eigenvalue weighted by atomic mass is 10.2. The molecule has 0 heterocycles. The smallest absolute Gasteiger partial charge is 0.335 e. The van der Waals surface area contributed by atoms with Crippen LogP contribution in [-0.2, 0) is 4.74 Å². The Morgan fingerprint density at radius 1 is 1.21 bits per heavy atom. The van der Waals surface area contributed by atoms with Gasteiger partial charge in [-0.2, -0.15) is 0 Å². The van der Waals surface area contributed by atoms with Gasteiger partial charge in [0.1, 0.15) is 12.4 Å². The van der Waals surface area contributed by atoms with E-state index in [1.165, 1.54) is 12.1 Å². The molecule has 0 atom stereocenters. The number of carboxylic acids is 1. The van der Waals surface area contributed by atoms with Crippen molar-refractivity contribution in [3.63, 3.8) is 0 Å². The second kappa shape index (κ2) is 6.72. The Balaban J connectivity index is 2.67. The third kappa shape index (κ3) is 5.50. The predicted molar refractivity (Wildman–Crippen MR) is 80.0 cm³/mol. The van der Waals surface area contributed by atoms with Crippen LogP contribution in [0.5, 0.6) is 5.75 Å². The van der Waals surface area contributed by atoms with Crippen LogP contribution in [0.3, 0.4) is 0 Å². The van der Waals surface area contributed by atoms with Crippen molar-refractivity contribution in [2.75, 3.05) is 13.2 Å². The van der Waals surface area contributed by atoms with E-state index in [0.717, 1.165) is 0 Å².